The van der Waals surface area contributed by atoms with Gasteiger partial charge in [-0.2, -0.15) is 0 Å². The van der Waals surface area contributed by atoms with Gasteiger partial charge in [0.2, 0.25) is 5.91 Å². The fraction of sp³-hybridized carbons (Fsp3) is 0.407. The van der Waals surface area contributed by atoms with E-state index < -0.39 is 5.54 Å². The first-order valence-corrected chi connectivity index (χ1v) is 12.3. The lowest BCUT2D eigenvalue weighted by molar-refractivity contribution is -0.127. The van der Waals surface area contributed by atoms with Gasteiger partial charge in [0.15, 0.2) is 0 Å². The van der Waals surface area contributed by atoms with Gasteiger partial charge >= 0.3 is 0 Å². The maximum Gasteiger partial charge on any atom is 0.275 e. The number of para-hydroxylation sites is 1. The lowest BCUT2D eigenvalue weighted by Crippen LogP contribution is -2.65. The second kappa shape index (κ2) is 8.53. The molecule has 1 aliphatic carbocycles. The fourth-order valence-corrected chi connectivity index (χ4v) is 5.51. The summed E-state index contributed by atoms with van der Waals surface area (Å²) in [6.45, 7) is 4.19. The zero-order valence-corrected chi connectivity index (χ0v) is 20.0. The van der Waals surface area contributed by atoms with Gasteiger partial charge in [0.05, 0.1) is 6.54 Å². The van der Waals surface area contributed by atoms with E-state index in [1.807, 2.05) is 60.9 Å². The monoisotopic (exact) mass is 463 g/mol. The van der Waals surface area contributed by atoms with E-state index in [0.29, 0.717) is 22.9 Å². The molecule has 2 aliphatic rings. The quantitative estimate of drug-likeness (QED) is 0.494. The SMILES string of the molecule is Cc1ccc(N2C(=O)c3cc4ccccc4n3CC2(C)C(=O)NC2CCCCCC2)cc1Cl. The number of anilines is 1. The summed E-state index contributed by atoms with van der Waals surface area (Å²) in [5.74, 6) is -0.293. The Bertz CT molecular complexity index is 1230. The average molecular weight is 464 g/mol. The van der Waals surface area contributed by atoms with Crippen molar-refractivity contribution in [2.45, 2.75) is 70.5 Å². The van der Waals surface area contributed by atoms with Crippen LogP contribution in [0.25, 0.3) is 10.9 Å². The van der Waals surface area contributed by atoms with Gasteiger partial charge in [-0.3, -0.25) is 14.5 Å². The van der Waals surface area contributed by atoms with Crippen molar-refractivity contribution < 1.29 is 9.59 Å². The van der Waals surface area contributed by atoms with Crippen LogP contribution >= 0.6 is 11.6 Å². The normalized spacial score (nSPS) is 21.7. The second-order valence-electron chi connectivity index (χ2n) is 9.68. The third kappa shape index (κ3) is 3.82. The number of aromatic nitrogens is 1. The Morgan fingerprint density at radius 2 is 1.79 bits per heavy atom. The van der Waals surface area contributed by atoms with Crippen LogP contribution in [0.2, 0.25) is 5.02 Å². The standard InChI is InChI=1S/C27H30ClN3O2/c1-18-13-14-21(16-22(18)28)31-25(32)24-15-19-9-7-8-12-23(19)30(24)17-27(31,2)26(33)29-20-10-5-3-4-6-11-20/h7-9,12-16,20H,3-6,10-11,17H2,1-2H3,(H,29,33). The Hall–Kier alpha value is -2.79. The molecule has 6 heteroatoms. The van der Waals surface area contributed by atoms with Gasteiger partial charge in [-0.15, -0.1) is 0 Å². The minimum atomic E-state index is -1.09. The topological polar surface area (TPSA) is 54.3 Å². The van der Waals surface area contributed by atoms with Crippen molar-refractivity contribution in [1.29, 1.82) is 0 Å². The molecular weight excluding hydrogens is 434 g/mol. The number of rotatable bonds is 3. The third-order valence-electron chi connectivity index (χ3n) is 7.29. The van der Waals surface area contributed by atoms with Crippen LogP contribution < -0.4 is 10.2 Å². The highest BCUT2D eigenvalue weighted by Gasteiger charge is 2.49. The summed E-state index contributed by atoms with van der Waals surface area (Å²) in [4.78, 5) is 29.5. The van der Waals surface area contributed by atoms with Gasteiger partial charge < -0.3 is 9.88 Å². The predicted octanol–water partition coefficient (Wildman–Crippen LogP) is 5.86. The number of nitrogens with one attached hydrogen (secondary N) is 1. The minimum absolute atomic E-state index is 0.108. The first kappa shape index (κ1) is 22.0. The molecule has 1 N–H and O–H groups in total. The van der Waals surface area contributed by atoms with Crippen molar-refractivity contribution in [1.82, 2.24) is 9.88 Å². The van der Waals surface area contributed by atoms with Crippen LogP contribution in [0.3, 0.4) is 0 Å². The first-order chi connectivity index (χ1) is 15.9. The Kier molecular flexibility index (Phi) is 5.69. The molecule has 1 aliphatic heterocycles. The zero-order chi connectivity index (χ0) is 23.2. The van der Waals surface area contributed by atoms with Crippen LogP contribution in [0.5, 0.6) is 0 Å². The molecule has 1 saturated carbocycles. The summed E-state index contributed by atoms with van der Waals surface area (Å²) < 4.78 is 2.00. The molecule has 1 aromatic heterocycles. The van der Waals surface area contributed by atoms with Crippen molar-refractivity contribution in [2.24, 2.45) is 0 Å². The van der Waals surface area contributed by atoms with E-state index in [2.05, 4.69) is 5.32 Å². The van der Waals surface area contributed by atoms with Gasteiger partial charge in [0.25, 0.3) is 5.91 Å². The van der Waals surface area contributed by atoms with Gasteiger partial charge in [0.1, 0.15) is 11.2 Å². The highest BCUT2D eigenvalue weighted by atomic mass is 35.5. The summed E-state index contributed by atoms with van der Waals surface area (Å²) in [5, 5.41) is 4.89. The number of carbonyl (C=O) groups is 2. The second-order valence-corrected chi connectivity index (χ2v) is 10.1. The molecule has 0 saturated heterocycles. The van der Waals surface area contributed by atoms with Crippen LogP contribution in [0, 0.1) is 6.92 Å². The molecule has 3 aromatic rings. The van der Waals surface area contributed by atoms with Crippen LogP contribution in [-0.4, -0.2) is 28.0 Å². The van der Waals surface area contributed by atoms with Crippen LogP contribution in [-0.2, 0) is 11.3 Å². The Morgan fingerprint density at radius 1 is 1.06 bits per heavy atom. The Labute approximate surface area is 199 Å². The Morgan fingerprint density at radius 3 is 2.52 bits per heavy atom. The highest BCUT2D eigenvalue weighted by Crippen LogP contribution is 2.37. The lowest BCUT2D eigenvalue weighted by Gasteiger charge is -2.44. The molecule has 1 fully saturated rings. The zero-order valence-electron chi connectivity index (χ0n) is 19.2. The molecular formula is C27H30ClN3O2. The van der Waals surface area contributed by atoms with Crippen molar-refractivity contribution in [2.75, 3.05) is 4.90 Å². The van der Waals surface area contributed by atoms with Gasteiger partial charge in [-0.1, -0.05) is 61.5 Å². The molecule has 33 heavy (non-hydrogen) atoms. The molecule has 1 atom stereocenters. The van der Waals surface area contributed by atoms with Gasteiger partial charge in [-0.25, -0.2) is 0 Å². The summed E-state index contributed by atoms with van der Waals surface area (Å²) in [6, 6.07) is 15.6. The number of hydrogen-bond donors (Lipinski definition) is 1. The van der Waals surface area contributed by atoms with E-state index in [-0.39, 0.29) is 17.9 Å². The number of nitrogens with zero attached hydrogens (tertiary/aromatic N) is 2. The van der Waals surface area contributed by atoms with E-state index in [0.717, 1.165) is 42.1 Å². The summed E-state index contributed by atoms with van der Waals surface area (Å²) in [6.07, 6.45) is 6.67. The fourth-order valence-electron chi connectivity index (χ4n) is 5.34. The Balaban J connectivity index is 1.60. The van der Waals surface area contributed by atoms with E-state index in [4.69, 9.17) is 11.6 Å². The number of hydrogen-bond acceptors (Lipinski definition) is 2. The smallest absolute Gasteiger partial charge is 0.275 e. The molecule has 0 radical (unpaired) electrons. The van der Waals surface area contributed by atoms with Crippen molar-refractivity contribution in [3.8, 4) is 0 Å². The number of halogens is 1. The van der Waals surface area contributed by atoms with Crippen molar-refractivity contribution >= 4 is 40.0 Å². The largest absolute Gasteiger partial charge is 0.351 e. The van der Waals surface area contributed by atoms with E-state index in [1.54, 1.807) is 11.0 Å². The summed E-state index contributed by atoms with van der Waals surface area (Å²) in [5.41, 5.74) is 2.05. The number of fused-ring (bicyclic) bond motifs is 3. The molecule has 2 amide bonds. The number of carbonyl (C=O) groups excluding carboxylic acids is 2. The molecule has 1 unspecified atom stereocenters. The molecule has 0 spiro atoms. The van der Waals surface area contributed by atoms with E-state index in [1.165, 1.54) is 12.8 Å². The molecule has 5 rings (SSSR count). The minimum Gasteiger partial charge on any atom is -0.351 e. The number of amides is 2. The number of benzene rings is 2. The van der Waals surface area contributed by atoms with Crippen molar-refractivity contribution in [3.05, 3.63) is 64.8 Å². The maximum atomic E-state index is 13.9. The molecule has 2 heterocycles. The predicted molar refractivity (Wildman–Crippen MR) is 133 cm³/mol. The average Bonchev–Trinajstić information content (AvgIpc) is 2.97. The van der Waals surface area contributed by atoms with Crippen molar-refractivity contribution in [3.63, 3.8) is 0 Å². The molecule has 5 nitrogen and oxygen atoms in total. The molecule has 2 aromatic carbocycles. The summed E-state index contributed by atoms with van der Waals surface area (Å²) >= 11 is 6.45. The maximum absolute atomic E-state index is 13.9. The number of aryl methyl sites for hydroxylation is 1. The highest BCUT2D eigenvalue weighted by molar-refractivity contribution is 6.31. The summed E-state index contributed by atoms with van der Waals surface area (Å²) in [7, 11) is 0. The van der Waals surface area contributed by atoms with Crippen LogP contribution in [0.1, 0.15) is 61.5 Å². The molecule has 0 bridgehead atoms. The lowest BCUT2D eigenvalue weighted by atomic mass is 9.92. The first-order valence-electron chi connectivity index (χ1n) is 11.9. The van der Waals surface area contributed by atoms with Gasteiger partial charge in [-0.05, 0) is 56.5 Å². The van der Waals surface area contributed by atoms with Gasteiger partial charge in [0, 0.05) is 27.7 Å². The van der Waals surface area contributed by atoms with Crippen LogP contribution in [0.15, 0.2) is 48.5 Å². The van der Waals surface area contributed by atoms with Crippen LogP contribution in [0.4, 0.5) is 5.69 Å². The van der Waals surface area contributed by atoms with E-state index >= 15 is 0 Å². The third-order valence-corrected chi connectivity index (χ3v) is 7.69. The molecule has 172 valence electrons. The van der Waals surface area contributed by atoms with E-state index in [9.17, 15) is 9.59 Å².